The Balaban J connectivity index is 1.81. The molecule has 0 aliphatic carbocycles. The lowest BCUT2D eigenvalue weighted by molar-refractivity contribution is 0.469. The van der Waals surface area contributed by atoms with Crippen molar-refractivity contribution >= 4 is 5.84 Å². The van der Waals surface area contributed by atoms with Gasteiger partial charge >= 0.3 is 0 Å². The van der Waals surface area contributed by atoms with Crippen LogP contribution in [0.5, 0.6) is 0 Å². The number of nitrogens with zero attached hydrogens (tertiary/aromatic N) is 2. The summed E-state index contributed by atoms with van der Waals surface area (Å²) in [6, 6.07) is 0. The van der Waals surface area contributed by atoms with Crippen molar-refractivity contribution in [3.63, 3.8) is 0 Å². The third-order valence-electron chi connectivity index (χ3n) is 3.47. The zero-order valence-electron chi connectivity index (χ0n) is 11.5. The second kappa shape index (κ2) is 9.46. The van der Waals surface area contributed by atoms with Crippen molar-refractivity contribution < 1.29 is 0 Å². The van der Waals surface area contributed by atoms with Gasteiger partial charge in [0.2, 0.25) is 0 Å². The maximum atomic E-state index is 5.79. The van der Waals surface area contributed by atoms with E-state index in [-0.39, 0.29) is 0 Å². The number of hydrogen-bond acceptors (Lipinski definition) is 3. The summed E-state index contributed by atoms with van der Waals surface area (Å²) in [4.78, 5) is 4.40. The van der Waals surface area contributed by atoms with Crippen LogP contribution in [0.1, 0.15) is 71.1 Å². The van der Waals surface area contributed by atoms with Crippen molar-refractivity contribution in [2.24, 2.45) is 10.8 Å². The van der Waals surface area contributed by atoms with E-state index in [1.54, 1.807) is 0 Å². The molecule has 0 aromatic rings. The molecule has 0 saturated carbocycles. The summed E-state index contributed by atoms with van der Waals surface area (Å²) < 4.78 is 0. The van der Waals surface area contributed by atoms with Crippen LogP contribution >= 0.6 is 0 Å². The van der Waals surface area contributed by atoms with Gasteiger partial charge < -0.3 is 0 Å². The minimum atomic E-state index is 0.892. The standard InChI is InChI=1S/C14H29N3/c1-2-3-4-5-6-7-8-9-10-11-14-16-12-13-17(14)15/h2-13,15H2,1H3. The molecule has 0 aromatic carbocycles. The number of unbranched alkanes of at least 4 members (excludes halogenated alkanes) is 8. The van der Waals surface area contributed by atoms with Gasteiger partial charge in [-0.05, 0) is 6.42 Å². The summed E-state index contributed by atoms with van der Waals surface area (Å²) in [5.41, 5.74) is 0. The predicted molar refractivity (Wildman–Crippen MR) is 75.0 cm³/mol. The summed E-state index contributed by atoms with van der Waals surface area (Å²) >= 11 is 0. The Bertz CT molecular complexity index is 214. The molecule has 0 radical (unpaired) electrons. The zero-order chi connectivity index (χ0) is 12.3. The van der Waals surface area contributed by atoms with E-state index in [0.29, 0.717) is 0 Å². The molecule has 3 nitrogen and oxygen atoms in total. The first-order valence-electron chi connectivity index (χ1n) is 7.40. The minimum Gasteiger partial charge on any atom is -0.297 e. The highest BCUT2D eigenvalue weighted by Crippen LogP contribution is 2.12. The van der Waals surface area contributed by atoms with Crippen LogP contribution in [0.3, 0.4) is 0 Å². The number of hydrazine groups is 1. The van der Waals surface area contributed by atoms with Gasteiger partial charge in [0.05, 0.1) is 13.1 Å². The monoisotopic (exact) mass is 239 g/mol. The Labute approximate surface area is 106 Å². The highest BCUT2D eigenvalue weighted by Gasteiger charge is 2.11. The summed E-state index contributed by atoms with van der Waals surface area (Å²) in [6.07, 6.45) is 13.5. The van der Waals surface area contributed by atoms with Crippen molar-refractivity contribution in [2.75, 3.05) is 13.1 Å². The van der Waals surface area contributed by atoms with Crippen LogP contribution in [0.4, 0.5) is 0 Å². The average molecular weight is 239 g/mol. The van der Waals surface area contributed by atoms with Crippen LogP contribution in [0.25, 0.3) is 0 Å². The molecule has 17 heavy (non-hydrogen) atoms. The molecule has 0 amide bonds. The van der Waals surface area contributed by atoms with Crippen LogP contribution in [-0.4, -0.2) is 23.9 Å². The molecule has 2 N–H and O–H groups in total. The third-order valence-corrected chi connectivity index (χ3v) is 3.47. The van der Waals surface area contributed by atoms with E-state index >= 15 is 0 Å². The molecule has 0 spiro atoms. The van der Waals surface area contributed by atoms with Crippen LogP contribution in [-0.2, 0) is 0 Å². The fraction of sp³-hybridized carbons (Fsp3) is 0.929. The number of amidine groups is 1. The van der Waals surface area contributed by atoms with Crippen LogP contribution in [0, 0.1) is 0 Å². The van der Waals surface area contributed by atoms with Gasteiger partial charge in [-0.15, -0.1) is 0 Å². The topological polar surface area (TPSA) is 41.6 Å². The quantitative estimate of drug-likeness (QED) is 0.468. The van der Waals surface area contributed by atoms with Crippen molar-refractivity contribution in [3.05, 3.63) is 0 Å². The average Bonchev–Trinajstić information content (AvgIpc) is 2.73. The normalized spacial score (nSPS) is 15.4. The number of rotatable bonds is 10. The molecule has 1 aliphatic rings. The fourth-order valence-corrected chi connectivity index (χ4v) is 2.32. The van der Waals surface area contributed by atoms with Crippen LogP contribution < -0.4 is 5.84 Å². The second-order valence-corrected chi connectivity index (χ2v) is 5.07. The van der Waals surface area contributed by atoms with Crippen molar-refractivity contribution in [1.82, 2.24) is 5.01 Å². The van der Waals surface area contributed by atoms with E-state index < -0.39 is 0 Å². The Morgan fingerprint density at radius 3 is 2.12 bits per heavy atom. The lowest BCUT2D eigenvalue weighted by Crippen LogP contribution is -2.34. The van der Waals surface area contributed by atoms with E-state index in [0.717, 1.165) is 25.3 Å². The first-order chi connectivity index (χ1) is 8.34. The van der Waals surface area contributed by atoms with Gasteiger partial charge in [0.1, 0.15) is 5.84 Å². The molecule has 0 saturated heterocycles. The summed E-state index contributed by atoms with van der Waals surface area (Å²) in [6.45, 7) is 4.07. The molecule has 0 fully saturated rings. The van der Waals surface area contributed by atoms with E-state index in [4.69, 9.17) is 5.84 Å². The summed E-state index contributed by atoms with van der Waals surface area (Å²) in [7, 11) is 0. The van der Waals surface area contributed by atoms with E-state index in [1.807, 2.05) is 5.01 Å². The van der Waals surface area contributed by atoms with E-state index in [9.17, 15) is 0 Å². The minimum absolute atomic E-state index is 0.892. The molecule has 0 bridgehead atoms. The molecule has 0 aromatic heterocycles. The first kappa shape index (κ1) is 14.5. The Kier molecular flexibility index (Phi) is 8.06. The van der Waals surface area contributed by atoms with Crippen LogP contribution in [0.15, 0.2) is 4.99 Å². The molecule has 1 rings (SSSR count). The van der Waals surface area contributed by atoms with Crippen molar-refractivity contribution in [1.29, 1.82) is 0 Å². The molecule has 100 valence electrons. The number of aliphatic imine (C=N–C) groups is 1. The Morgan fingerprint density at radius 1 is 1.00 bits per heavy atom. The first-order valence-corrected chi connectivity index (χ1v) is 7.40. The van der Waals surface area contributed by atoms with E-state index in [2.05, 4.69) is 11.9 Å². The molecular weight excluding hydrogens is 210 g/mol. The molecule has 3 heteroatoms. The number of hydrogen-bond donors (Lipinski definition) is 1. The zero-order valence-corrected chi connectivity index (χ0v) is 11.5. The third kappa shape index (κ3) is 6.67. The molecule has 0 unspecified atom stereocenters. The largest absolute Gasteiger partial charge is 0.297 e. The summed E-state index contributed by atoms with van der Waals surface area (Å²) in [5, 5.41) is 1.81. The van der Waals surface area contributed by atoms with E-state index in [1.165, 1.54) is 57.8 Å². The van der Waals surface area contributed by atoms with Crippen molar-refractivity contribution in [3.8, 4) is 0 Å². The summed E-state index contributed by atoms with van der Waals surface area (Å²) in [5.74, 6) is 6.91. The number of nitrogens with two attached hydrogens (primary N) is 1. The lowest BCUT2D eigenvalue weighted by atomic mass is 10.1. The second-order valence-electron chi connectivity index (χ2n) is 5.07. The van der Waals surface area contributed by atoms with Gasteiger partial charge in [0.25, 0.3) is 0 Å². The van der Waals surface area contributed by atoms with Gasteiger partial charge in [0, 0.05) is 6.42 Å². The highest BCUT2D eigenvalue weighted by molar-refractivity contribution is 5.83. The Hall–Kier alpha value is -0.570. The van der Waals surface area contributed by atoms with Crippen molar-refractivity contribution in [2.45, 2.75) is 71.1 Å². The van der Waals surface area contributed by atoms with Gasteiger partial charge in [-0.1, -0.05) is 58.3 Å². The van der Waals surface area contributed by atoms with Gasteiger partial charge in [-0.25, -0.2) is 5.84 Å². The highest BCUT2D eigenvalue weighted by atomic mass is 15.4. The van der Waals surface area contributed by atoms with Gasteiger partial charge in [-0.2, -0.15) is 0 Å². The van der Waals surface area contributed by atoms with Gasteiger partial charge in [-0.3, -0.25) is 10.0 Å². The smallest absolute Gasteiger partial charge is 0.113 e. The van der Waals surface area contributed by atoms with Gasteiger partial charge in [0.15, 0.2) is 0 Å². The lowest BCUT2D eigenvalue weighted by Gasteiger charge is -2.12. The molecule has 0 atom stereocenters. The van der Waals surface area contributed by atoms with Crippen LogP contribution in [0.2, 0.25) is 0 Å². The Morgan fingerprint density at radius 2 is 1.59 bits per heavy atom. The molecule has 1 aliphatic heterocycles. The fourth-order valence-electron chi connectivity index (χ4n) is 2.32. The predicted octanol–water partition coefficient (Wildman–Crippen LogP) is 3.50. The maximum absolute atomic E-state index is 5.79. The molecular formula is C14H29N3. The maximum Gasteiger partial charge on any atom is 0.113 e. The molecule has 1 heterocycles. The SMILES string of the molecule is CCCCCCCCCCCC1=NCCN1N.